The second-order valence-corrected chi connectivity index (χ2v) is 3.57. The van der Waals surface area contributed by atoms with Crippen LogP contribution in [-0.4, -0.2) is 9.55 Å². The van der Waals surface area contributed by atoms with E-state index in [1.807, 2.05) is 11.6 Å². The van der Waals surface area contributed by atoms with Crippen molar-refractivity contribution < 1.29 is 0 Å². The number of halogens is 3. The third-order valence-electron chi connectivity index (χ3n) is 1.20. The van der Waals surface area contributed by atoms with Crippen molar-refractivity contribution in [1.82, 2.24) is 9.55 Å². The standard InChI is InChI=1S/C5H5Br2ClN2/c1-10-3(2-8)9-4(6)5(10)7/h2H2,1H3. The number of imidazole rings is 1. The summed E-state index contributed by atoms with van der Waals surface area (Å²) >= 11 is 12.2. The van der Waals surface area contributed by atoms with Crippen molar-refractivity contribution in [2.24, 2.45) is 7.05 Å². The van der Waals surface area contributed by atoms with Crippen LogP contribution >= 0.6 is 43.5 Å². The topological polar surface area (TPSA) is 17.8 Å². The zero-order valence-corrected chi connectivity index (χ0v) is 9.16. The highest BCUT2D eigenvalue weighted by Crippen LogP contribution is 2.22. The summed E-state index contributed by atoms with van der Waals surface area (Å²) in [6, 6.07) is 0. The first-order chi connectivity index (χ1) is 4.66. The highest BCUT2D eigenvalue weighted by molar-refractivity contribution is 9.13. The van der Waals surface area contributed by atoms with Gasteiger partial charge in [0.15, 0.2) is 0 Å². The highest BCUT2D eigenvalue weighted by atomic mass is 79.9. The molecule has 5 heteroatoms. The fraction of sp³-hybridized carbons (Fsp3) is 0.400. The summed E-state index contributed by atoms with van der Waals surface area (Å²) in [6.07, 6.45) is 0. The van der Waals surface area contributed by atoms with Gasteiger partial charge in [0.05, 0.1) is 5.88 Å². The maximum absolute atomic E-state index is 5.59. The molecule has 1 rings (SSSR count). The molecule has 0 aliphatic rings. The quantitative estimate of drug-likeness (QED) is 0.727. The van der Waals surface area contributed by atoms with Crippen molar-refractivity contribution in [3.8, 4) is 0 Å². The van der Waals surface area contributed by atoms with Crippen LogP contribution in [0, 0.1) is 0 Å². The first-order valence-corrected chi connectivity index (χ1v) is 4.71. The molecule has 0 aliphatic heterocycles. The van der Waals surface area contributed by atoms with Gasteiger partial charge in [0.25, 0.3) is 0 Å². The van der Waals surface area contributed by atoms with Gasteiger partial charge in [-0.3, -0.25) is 0 Å². The predicted octanol–water partition coefficient (Wildman–Crippen LogP) is 2.68. The largest absolute Gasteiger partial charge is 0.324 e. The lowest BCUT2D eigenvalue weighted by Gasteiger charge is -1.95. The monoisotopic (exact) mass is 286 g/mol. The Morgan fingerprint density at radius 3 is 2.40 bits per heavy atom. The molecule has 0 bridgehead atoms. The van der Waals surface area contributed by atoms with E-state index in [2.05, 4.69) is 36.8 Å². The lowest BCUT2D eigenvalue weighted by molar-refractivity contribution is 0.830. The number of hydrogen-bond acceptors (Lipinski definition) is 1. The van der Waals surface area contributed by atoms with Gasteiger partial charge in [-0.1, -0.05) is 0 Å². The molecule has 0 fully saturated rings. The lowest BCUT2D eigenvalue weighted by atomic mass is 10.7. The third-order valence-corrected chi connectivity index (χ3v) is 3.43. The van der Waals surface area contributed by atoms with Gasteiger partial charge in [0.1, 0.15) is 15.0 Å². The summed E-state index contributed by atoms with van der Waals surface area (Å²) in [5.41, 5.74) is 0. The van der Waals surface area contributed by atoms with Crippen LogP contribution in [0.4, 0.5) is 0 Å². The van der Waals surface area contributed by atoms with Crippen molar-refractivity contribution in [2.75, 3.05) is 0 Å². The normalized spacial score (nSPS) is 10.4. The molecule has 0 amide bonds. The van der Waals surface area contributed by atoms with Gasteiger partial charge in [-0.25, -0.2) is 4.98 Å². The van der Waals surface area contributed by atoms with Gasteiger partial charge in [0, 0.05) is 7.05 Å². The van der Waals surface area contributed by atoms with Crippen molar-refractivity contribution in [3.05, 3.63) is 15.0 Å². The lowest BCUT2D eigenvalue weighted by Crippen LogP contribution is -1.93. The molecule has 0 aliphatic carbocycles. The Morgan fingerprint density at radius 2 is 2.20 bits per heavy atom. The minimum absolute atomic E-state index is 0.431. The Kier molecular flexibility index (Phi) is 2.77. The van der Waals surface area contributed by atoms with Gasteiger partial charge in [-0.05, 0) is 31.9 Å². The molecule has 0 aromatic carbocycles. The SMILES string of the molecule is Cn1c(CCl)nc(Br)c1Br. The van der Waals surface area contributed by atoms with Crippen LogP contribution in [0.3, 0.4) is 0 Å². The average molecular weight is 288 g/mol. The molecule has 1 aromatic rings. The van der Waals surface area contributed by atoms with Crippen LogP contribution in [0.2, 0.25) is 0 Å². The van der Waals surface area contributed by atoms with Crippen LogP contribution in [-0.2, 0) is 12.9 Å². The molecule has 0 saturated carbocycles. The molecule has 0 unspecified atom stereocenters. The number of rotatable bonds is 1. The Bertz CT molecular complexity index is 246. The molecule has 10 heavy (non-hydrogen) atoms. The number of nitrogens with zero attached hydrogens (tertiary/aromatic N) is 2. The molecule has 56 valence electrons. The average Bonchev–Trinajstić information content (AvgIpc) is 2.17. The van der Waals surface area contributed by atoms with Gasteiger partial charge < -0.3 is 4.57 Å². The first kappa shape index (κ1) is 8.56. The maximum Gasteiger partial charge on any atom is 0.139 e. The fourth-order valence-corrected chi connectivity index (χ4v) is 1.61. The van der Waals surface area contributed by atoms with Crippen LogP contribution in [0.5, 0.6) is 0 Å². The van der Waals surface area contributed by atoms with Gasteiger partial charge in [-0.2, -0.15) is 0 Å². The Balaban J connectivity index is 3.17. The van der Waals surface area contributed by atoms with E-state index in [0.29, 0.717) is 5.88 Å². The Hall–Kier alpha value is 0.460. The van der Waals surface area contributed by atoms with Crippen molar-refractivity contribution in [3.63, 3.8) is 0 Å². The second kappa shape index (κ2) is 3.24. The number of aromatic nitrogens is 2. The smallest absolute Gasteiger partial charge is 0.139 e. The number of alkyl halides is 1. The summed E-state index contributed by atoms with van der Waals surface area (Å²) in [4.78, 5) is 4.13. The fourth-order valence-electron chi connectivity index (χ4n) is 0.606. The molecule has 1 heterocycles. The molecule has 0 radical (unpaired) electrons. The van der Waals surface area contributed by atoms with E-state index in [4.69, 9.17) is 11.6 Å². The molecule has 2 nitrogen and oxygen atoms in total. The minimum atomic E-state index is 0.431. The molecular weight excluding hydrogens is 283 g/mol. The van der Waals surface area contributed by atoms with Crippen molar-refractivity contribution in [1.29, 1.82) is 0 Å². The van der Waals surface area contributed by atoms with E-state index in [1.165, 1.54) is 0 Å². The summed E-state index contributed by atoms with van der Waals surface area (Å²) < 4.78 is 3.60. The molecule has 1 aromatic heterocycles. The molecule has 0 atom stereocenters. The van der Waals surface area contributed by atoms with Crippen molar-refractivity contribution >= 4 is 43.5 Å². The first-order valence-electron chi connectivity index (χ1n) is 2.59. The Labute approximate surface area is 80.8 Å². The van der Waals surface area contributed by atoms with E-state index in [1.54, 1.807) is 0 Å². The van der Waals surface area contributed by atoms with E-state index in [9.17, 15) is 0 Å². The highest BCUT2D eigenvalue weighted by Gasteiger charge is 2.07. The van der Waals surface area contributed by atoms with Gasteiger partial charge >= 0.3 is 0 Å². The van der Waals surface area contributed by atoms with E-state index < -0.39 is 0 Å². The minimum Gasteiger partial charge on any atom is -0.324 e. The second-order valence-electron chi connectivity index (χ2n) is 1.80. The summed E-state index contributed by atoms with van der Waals surface area (Å²) in [5.74, 6) is 1.28. The van der Waals surface area contributed by atoms with E-state index in [0.717, 1.165) is 15.0 Å². The molecule has 0 N–H and O–H groups in total. The summed E-state index contributed by atoms with van der Waals surface area (Å²) in [6.45, 7) is 0. The van der Waals surface area contributed by atoms with Gasteiger partial charge in [0.2, 0.25) is 0 Å². The molecule has 0 spiro atoms. The van der Waals surface area contributed by atoms with E-state index in [-0.39, 0.29) is 0 Å². The number of hydrogen-bond donors (Lipinski definition) is 0. The van der Waals surface area contributed by atoms with Crippen molar-refractivity contribution in [2.45, 2.75) is 5.88 Å². The van der Waals surface area contributed by atoms with Crippen LogP contribution in [0.15, 0.2) is 9.21 Å². The molecular formula is C5H5Br2ClN2. The van der Waals surface area contributed by atoms with Crippen LogP contribution in [0.25, 0.3) is 0 Å². The maximum atomic E-state index is 5.59. The summed E-state index contributed by atoms with van der Waals surface area (Å²) in [5, 5.41) is 0. The van der Waals surface area contributed by atoms with Gasteiger partial charge in [-0.15, -0.1) is 11.6 Å². The third kappa shape index (κ3) is 1.38. The van der Waals surface area contributed by atoms with Crippen LogP contribution < -0.4 is 0 Å². The zero-order chi connectivity index (χ0) is 7.72. The van der Waals surface area contributed by atoms with Crippen LogP contribution in [0.1, 0.15) is 5.82 Å². The Morgan fingerprint density at radius 1 is 1.60 bits per heavy atom. The summed E-state index contributed by atoms with van der Waals surface area (Å²) in [7, 11) is 1.90. The van der Waals surface area contributed by atoms with E-state index >= 15 is 0 Å². The predicted molar refractivity (Wildman–Crippen MR) is 48.2 cm³/mol. The molecule has 0 saturated heterocycles. The zero-order valence-electron chi connectivity index (χ0n) is 5.24.